The summed E-state index contributed by atoms with van der Waals surface area (Å²) in [5, 5.41) is 0. The van der Waals surface area contributed by atoms with Crippen LogP contribution in [0.15, 0.2) is 0 Å². The Hall–Kier alpha value is -1.47. The molecule has 0 fully saturated rings. The monoisotopic (exact) mass is 210 g/mol. The van der Waals surface area contributed by atoms with Crippen molar-refractivity contribution < 1.29 is 31.3 Å². The van der Waals surface area contributed by atoms with Crippen LogP contribution < -0.4 is 4.65 Å². The fourth-order valence-corrected chi connectivity index (χ4v) is 0.736. The van der Waals surface area contributed by atoms with Crippen LogP contribution in [0.4, 0.5) is 22.0 Å². The molecule has 2 nitrogen and oxygen atoms in total. The summed E-state index contributed by atoms with van der Waals surface area (Å²) in [6.45, 7) is 0. The number of hydrogen-bond donors (Lipinski definition) is 0. The predicted molar refractivity (Wildman–Crippen MR) is 33.3 cm³/mol. The minimum atomic E-state index is -2.31. The molecule has 0 aliphatic heterocycles. The number of rotatable bonds is 2. The molecule has 1 aromatic carbocycles. The number of halogens is 5. The quantitative estimate of drug-likeness (QED) is 0.321. The fourth-order valence-electron chi connectivity index (χ4n) is 0.736. The standard InChI is InChI=1S/C6BF5O2/c8-1-2(9)4(11)6(14-7-13)5(12)3(1)10. The Kier molecular flexibility index (Phi) is 2.83. The maximum atomic E-state index is 12.6. The van der Waals surface area contributed by atoms with E-state index >= 15 is 0 Å². The van der Waals surface area contributed by atoms with E-state index in [1.54, 1.807) is 0 Å². The molecule has 0 unspecified atom stereocenters. The van der Waals surface area contributed by atoms with Gasteiger partial charge in [0.2, 0.25) is 0 Å². The zero-order chi connectivity index (χ0) is 10.9. The van der Waals surface area contributed by atoms with Crippen LogP contribution in [0, 0.1) is 29.1 Å². The van der Waals surface area contributed by atoms with Crippen LogP contribution >= 0.6 is 0 Å². The van der Waals surface area contributed by atoms with Crippen LogP contribution in [0.2, 0.25) is 0 Å². The molecule has 0 saturated heterocycles. The van der Waals surface area contributed by atoms with Gasteiger partial charge in [-0.05, 0) is 0 Å². The third kappa shape index (κ3) is 1.47. The van der Waals surface area contributed by atoms with E-state index in [2.05, 4.69) is 4.65 Å². The van der Waals surface area contributed by atoms with E-state index in [1.807, 2.05) is 0 Å². The summed E-state index contributed by atoms with van der Waals surface area (Å²) in [6, 6.07) is 0. The molecule has 1 aromatic rings. The van der Waals surface area contributed by atoms with Gasteiger partial charge in [0.25, 0.3) is 0 Å². The zero-order valence-corrected chi connectivity index (χ0v) is 6.28. The van der Waals surface area contributed by atoms with Gasteiger partial charge >= 0.3 is 73.5 Å². The molecule has 0 aromatic heterocycles. The van der Waals surface area contributed by atoms with Crippen LogP contribution in [0.3, 0.4) is 0 Å². The summed E-state index contributed by atoms with van der Waals surface area (Å²) < 4.78 is 75.6. The first kappa shape index (κ1) is 10.6. The average Bonchev–Trinajstić information content (AvgIpc) is 2.19. The van der Waals surface area contributed by atoms with Crippen LogP contribution in [-0.2, 0) is 4.70 Å². The van der Waals surface area contributed by atoms with E-state index in [0.29, 0.717) is 0 Å². The van der Waals surface area contributed by atoms with Gasteiger partial charge in [0.15, 0.2) is 0 Å². The SMILES string of the molecule is O=BOc1c(F)c(F)c(F)c(F)c1F. The zero-order valence-electron chi connectivity index (χ0n) is 6.28. The predicted octanol–water partition coefficient (Wildman–Crippen LogP) is 1.73. The van der Waals surface area contributed by atoms with E-state index in [0.717, 1.165) is 0 Å². The van der Waals surface area contributed by atoms with Gasteiger partial charge in [0, 0.05) is 0 Å². The van der Waals surface area contributed by atoms with Gasteiger partial charge in [-0.2, -0.15) is 0 Å². The summed E-state index contributed by atoms with van der Waals surface area (Å²) >= 11 is 0. The minimum absolute atomic E-state index is 0.446. The molecule has 74 valence electrons. The van der Waals surface area contributed by atoms with Crippen LogP contribution in [0.5, 0.6) is 5.75 Å². The van der Waals surface area contributed by atoms with E-state index in [1.165, 1.54) is 0 Å². The van der Waals surface area contributed by atoms with Crippen molar-refractivity contribution >= 4 is 7.35 Å². The summed E-state index contributed by atoms with van der Waals surface area (Å²) in [4.78, 5) is 0. The Labute approximate surface area is 74.6 Å². The molecule has 0 aliphatic rings. The molecule has 0 heterocycles. The first-order valence-corrected chi connectivity index (χ1v) is 3.12. The Morgan fingerprint density at radius 3 is 1.50 bits per heavy atom. The summed E-state index contributed by atoms with van der Waals surface area (Å²) in [5.41, 5.74) is 0. The second-order valence-electron chi connectivity index (χ2n) is 2.11. The molecule has 0 N–H and O–H groups in total. The van der Waals surface area contributed by atoms with E-state index in [9.17, 15) is 26.7 Å². The van der Waals surface area contributed by atoms with Gasteiger partial charge in [-0.1, -0.05) is 0 Å². The van der Waals surface area contributed by atoms with Crippen molar-refractivity contribution in [1.82, 2.24) is 0 Å². The van der Waals surface area contributed by atoms with Gasteiger partial charge in [-0.3, -0.25) is 0 Å². The molecule has 0 aliphatic carbocycles. The van der Waals surface area contributed by atoms with Crippen LogP contribution in [0.25, 0.3) is 0 Å². The van der Waals surface area contributed by atoms with Gasteiger partial charge in [-0.25, -0.2) is 0 Å². The van der Waals surface area contributed by atoms with Crippen molar-refractivity contribution in [2.45, 2.75) is 0 Å². The van der Waals surface area contributed by atoms with Crippen LogP contribution in [0.1, 0.15) is 0 Å². The molecule has 0 amide bonds. The molecule has 1 rings (SSSR count). The molecular formula is C6BF5O2. The molecule has 0 bridgehead atoms. The van der Waals surface area contributed by atoms with Crippen molar-refractivity contribution in [3.63, 3.8) is 0 Å². The van der Waals surface area contributed by atoms with Gasteiger partial charge in [0.1, 0.15) is 0 Å². The summed E-state index contributed by atoms with van der Waals surface area (Å²) in [6.07, 6.45) is 0. The first-order chi connectivity index (χ1) is 6.50. The second-order valence-corrected chi connectivity index (χ2v) is 2.11. The van der Waals surface area contributed by atoms with Crippen LogP contribution in [-0.4, -0.2) is 7.35 Å². The van der Waals surface area contributed by atoms with Crippen molar-refractivity contribution in [1.29, 1.82) is 0 Å². The molecule has 0 spiro atoms. The average molecular weight is 210 g/mol. The number of hydrogen-bond acceptors (Lipinski definition) is 2. The van der Waals surface area contributed by atoms with E-state index in [4.69, 9.17) is 0 Å². The number of benzene rings is 1. The van der Waals surface area contributed by atoms with Gasteiger partial charge in [-0.15, -0.1) is 0 Å². The Morgan fingerprint density at radius 1 is 0.786 bits per heavy atom. The van der Waals surface area contributed by atoms with Crippen molar-refractivity contribution in [2.75, 3.05) is 0 Å². The van der Waals surface area contributed by atoms with Gasteiger partial charge < -0.3 is 0 Å². The third-order valence-electron chi connectivity index (χ3n) is 1.34. The normalized spacial score (nSPS) is 9.79. The summed E-state index contributed by atoms with van der Waals surface area (Å²) in [5.74, 6) is -12.6. The maximum absolute atomic E-state index is 12.6. The molecule has 0 atom stereocenters. The fraction of sp³-hybridized carbons (Fsp3) is 0. The van der Waals surface area contributed by atoms with Crippen molar-refractivity contribution in [3.05, 3.63) is 29.1 Å². The van der Waals surface area contributed by atoms with E-state index < -0.39 is 42.2 Å². The third-order valence-corrected chi connectivity index (χ3v) is 1.34. The molecular weight excluding hydrogens is 210 g/mol. The van der Waals surface area contributed by atoms with E-state index in [-0.39, 0.29) is 0 Å². The molecule has 8 heteroatoms. The van der Waals surface area contributed by atoms with Crippen molar-refractivity contribution in [2.24, 2.45) is 0 Å². The summed E-state index contributed by atoms with van der Waals surface area (Å²) in [7, 11) is -0.446. The Bertz CT molecular complexity index is 365. The van der Waals surface area contributed by atoms with Crippen molar-refractivity contribution in [3.8, 4) is 5.75 Å². The molecule has 0 radical (unpaired) electrons. The Morgan fingerprint density at radius 2 is 1.14 bits per heavy atom. The van der Waals surface area contributed by atoms with Gasteiger partial charge in [0.05, 0.1) is 0 Å². The Balaban J connectivity index is 3.50. The molecule has 14 heavy (non-hydrogen) atoms. The second kappa shape index (κ2) is 3.73. The topological polar surface area (TPSA) is 26.3 Å². The first-order valence-electron chi connectivity index (χ1n) is 3.12. The molecule has 0 saturated carbocycles.